The van der Waals surface area contributed by atoms with E-state index in [4.69, 9.17) is 14.2 Å². The second kappa shape index (κ2) is 9.07. The number of ether oxygens (including phenoxy) is 3. The van der Waals surface area contributed by atoms with E-state index in [-0.39, 0.29) is 0 Å². The molecule has 0 atom stereocenters. The van der Waals surface area contributed by atoms with Gasteiger partial charge in [-0.15, -0.1) is 0 Å². The van der Waals surface area contributed by atoms with Gasteiger partial charge in [-0.25, -0.2) is 9.59 Å². The van der Waals surface area contributed by atoms with E-state index >= 15 is 0 Å². The van der Waals surface area contributed by atoms with Crippen LogP contribution in [0.15, 0.2) is 24.3 Å². The first-order chi connectivity index (χ1) is 12.7. The number of carbonyl (C=O) groups is 3. The highest BCUT2D eigenvalue weighted by Gasteiger charge is 2.16. The summed E-state index contributed by atoms with van der Waals surface area (Å²) in [5.74, 6) is -0.132. The van der Waals surface area contributed by atoms with Crippen molar-refractivity contribution in [3.05, 3.63) is 29.8 Å². The second-order valence-electron chi connectivity index (χ2n) is 6.95. The fourth-order valence-corrected chi connectivity index (χ4v) is 2.17. The summed E-state index contributed by atoms with van der Waals surface area (Å²) in [5, 5.41) is 4.65. The number of urea groups is 1. The summed E-state index contributed by atoms with van der Waals surface area (Å²) < 4.78 is 15.9. The van der Waals surface area contributed by atoms with E-state index in [0.29, 0.717) is 24.7 Å². The Morgan fingerprint density at radius 2 is 1.85 bits per heavy atom. The van der Waals surface area contributed by atoms with Crippen LogP contribution in [-0.4, -0.2) is 43.3 Å². The maximum atomic E-state index is 11.7. The summed E-state index contributed by atoms with van der Waals surface area (Å²) >= 11 is 0. The van der Waals surface area contributed by atoms with Crippen molar-refractivity contribution in [3.8, 4) is 11.5 Å². The zero-order chi connectivity index (χ0) is 19.9. The van der Waals surface area contributed by atoms with Crippen molar-refractivity contribution in [1.29, 1.82) is 0 Å². The topological polar surface area (TPSA) is 103 Å². The van der Waals surface area contributed by atoms with Crippen LogP contribution in [0.25, 0.3) is 6.08 Å². The van der Waals surface area contributed by atoms with Crippen LogP contribution in [0.3, 0.4) is 0 Å². The molecule has 27 heavy (non-hydrogen) atoms. The molecule has 1 heterocycles. The van der Waals surface area contributed by atoms with Crippen LogP contribution in [0.2, 0.25) is 0 Å². The van der Waals surface area contributed by atoms with Gasteiger partial charge in [0.1, 0.15) is 0 Å². The van der Waals surface area contributed by atoms with Crippen molar-refractivity contribution < 1.29 is 28.6 Å². The van der Waals surface area contributed by atoms with Gasteiger partial charge in [0.25, 0.3) is 5.91 Å². The highest BCUT2D eigenvalue weighted by atomic mass is 16.5. The van der Waals surface area contributed by atoms with Crippen LogP contribution < -0.4 is 20.1 Å². The van der Waals surface area contributed by atoms with Crippen molar-refractivity contribution in [2.24, 2.45) is 0 Å². The largest absolute Gasteiger partial charge is 0.490 e. The lowest BCUT2D eigenvalue weighted by atomic mass is 10.1. The molecule has 0 aromatic heterocycles. The number of benzene rings is 1. The summed E-state index contributed by atoms with van der Waals surface area (Å²) in [4.78, 5) is 34.9. The van der Waals surface area contributed by atoms with Crippen molar-refractivity contribution in [3.63, 3.8) is 0 Å². The number of hydrogen-bond donors (Lipinski definition) is 2. The number of nitrogens with one attached hydrogen (secondary N) is 2. The SMILES string of the molecule is CC(C)(C)NC(=O)NC(=O)COC(=O)/C=C/c1ccc2c(c1)OCCCO2. The highest BCUT2D eigenvalue weighted by molar-refractivity contribution is 5.96. The minimum absolute atomic E-state index is 0.480. The summed E-state index contributed by atoms with van der Waals surface area (Å²) in [6, 6.07) is 4.66. The molecule has 146 valence electrons. The number of fused-ring (bicyclic) bond motifs is 1. The van der Waals surface area contributed by atoms with Crippen LogP contribution >= 0.6 is 0 Å². The molecule has 0 saturated carbocycles. The molecule has 1 aromatic rings. The van der Waals surface area contributed by atoms with Gasteiger partial charge in [-0.05, 0) is 44.5 Å². The van der Waals surface area contributed by atoms with E-state index in [0.717, 1.165) is 12.0 Å². The second-order valence-corrected chi connectivity index (χ2v) is 6.95. The van der Waals surface area contributed by atoms with Gasteiger partial charge in [0, 0.05) is 18.0 Å². The van der Waals surface area contributed by atoms with E-state index in [1.54, 1.807) is 45.0 Å². The third-order valence-electron chi connectivity index (χ3n) is 3.27. The van der Waals surface area contributed by atoms with Crippen molar-refractivity contribution in [2.45, 2.75) is 32.7 Å². The van der Waals surface area contributed by atoms with Gasteiger partial charge in [0.05, 0.1) is 13.2 Å². The van der Waals surface area contributed by atoms with Gasteiger partial charge in [-0.2, -0.15) is 0 Å². The maximum absolute atomic E-state index is 11.7. The van der Waals surface area contributed by atoms with Gasteiger partial charge in [-0.1, -0.05) is 6.07 Å². The molecule has 0 saturated heterocycles. The summed E-state index contributed by atoms with van der Waals surface area (Å²) in [6.45, 7) is 5.96. The summed E-state index contributed by atoms with van der Waals surface area (Å²) in [6.07, 6.45) is 3.55. The van der Waals surface area contributed by atoms with Gasteiger partial charge in [-0.3, -0.25) is 10.1 Å². The van der Waals surface area contributed by atoms with Crippen LogP contribution in [0.1, 0.15) is 32.8 Å². The van der Waals surface area contributed by atoms with Crippen molar-refractivity contribution >= 4 is 24.0 Å². The van der Waals surface area contributed by atoms with E-state index in [2.05, 4.69) is 10.6 Å². The Morgan fingerprint density at radius 3 is 2.56 bits per heavy atom. The Kier molecular flexibility index (Phi) is 6.81. The molecule has 2 N–H and O–H groups in total. The molecule has 0 radical (unpaired) electrons. The standard InChI is InChI=1S/C19H24N2O6/c1-19(2,3)21-18(24)20-16(22)12-27-17(23)8-6-13-5-7-14-15(11-13)26-10-4-9-25-14/h5-8,11H,4,9-10,12H2,1-3H3,(H2,20,21,22,24)/b8-6+. The predicted molar refractivity (Wildman–Crippen MR) is 98.5 cm³/mol. The van der Waals surface area contributed by atoms with Crippen LogP contribution in [0, 0.1) is 0 Å². The fourth-order valence-electron chi connectivity index (χ4n) is 2.17. The molecule has 1 aliphatic rings. The summed E-state index contributed by atoms with van der Waals surface area (Å²) in [7, 11) is 0. The molecular formula is C19H24N2O6. The zero-order valence-corrected chi connectivity index (χ0v) is 15.7. The maximum Gasteiger partial charge on any atom is 0.331 e. The van der Waals surface area contributed by atoms with E-state index in [1.807, 2.05) is 0 Å². The third kappa shape index (κ3) is 7.39. The number of hydrogen-bond acceptors (Lipinski definition) is 6. The molecule has 1 aliphatic heterocycles. The van der Waals surface area contributed by atoms with Gasteiger partial charge >= 0.3 is 12.0 Å². The Hall–Kier alpha value is -3.03. The number of amides is 3. The third-order valence-corrected chi connectivity index (χ3v) is 3.27. The normalized spacial score (nSPS) is 13.6. The highest BCUT2D eigenvalue weighted by Crippen LogP contribution is 2.30. The molecular weight excluding hydrogens is 352 g/mol. The molecule has 3 amide bonds. The Bertz CT molecular complexity index is 736. The fraction of sp³-hybridized carbons (Fsp3) is 0.421. The molecule has 1 aromatic carbocycles. The number of esters is 1. The average Bonchev–Trinajstić information content (AvgIpc) is 2.81. The summed E-state index contributed by atoms with van der Waals surface area (Å²) in [5.41, 5.74) is 0.247. The predicted octanol–water partition coefficient (Wildman–Crippen LogP) is 2.03. The molecule has 0 aliphatic carbocycles. The Balaban J connectivity index is 1.81. The van der Waals surface area contributed by atoms with E-state index in [9.17, 15) is 14.4 Å². The minimum atomic E-state index is -0.714. The Labute approximate surface area is 157 Å². The van der Waals surface area contributed by atoms with E-state index < -0.39 is 30.1 Å². The van der Waals surface area contributed by atoms with Crippen molar-refractivity contribution in [2.75, 3.05) is 19.8 Å². The quantitative estimate of drug-likeness (QED) is 0.616. The first-order valence-corrected chi connectivity index (χ1v) is 8.59. The number of imide groups is 1. The van der Waals surface area contributed by atoms with E-state index in [1.165, 1.54) is 6.08 Å². The lowest BCUT2D eigenvalue weighted by Gasteiger charge is -2.20. The van der Waals surface area contributed by atoms with Crippen molar-refractivity contribution in [1.82, 2.24) is 10.6 Å². The zero-order valence-electron chi connectivity index (χ0n) is 15.7. The van der Waals surface area contributed by atoms with Gasteiger partial charge in [0.15, 0.2) is 18.1 Å². The smallest absolute Gasteiger partial charge is 0.331 e. The van der Waals surface area contributed by atoms with Gasteiger partial charge < -0.3 is 19.5 Å². The number of carbonyl (C=O) groups excluding carboxylic acids is 3. The van der Waals surface area contributed by atoms with Crippen LogP contribution in [-0.2, 0) is 14.3 Å². The molecule has 0 spiro atoms. The first kappa shape index (κ1) is 20.3. The molecule has 8 heteroatoms. The Morgan fingerprint density at radius 1 is 1.15 bits per heavy atom. The first-order valence-electron chi connectivity index (χ1n) is 8.59. The molecule has 8 nitrogen and oxygen atoms in total. The lowest BCUT2D eigenvalue weighted by Crippen LogP contribution is -2.49. The van der Waals surface area contributed by atoms with Crippen LogP contribution in [0.5, 0.6) is 11.5 Å². The lowest BCUT2D eigenvalue weighted by molar-refractivity contribution is -0.143. The molecule has 2 rings (SSSR count). The van der Waals surface area contributed by atoms with Crippen LogP contribution in [0.4, 0.5) is 4.79 Å². The molecule has 0 bridgehead atoms. The number of rotatable bonds is 4. The van der Waals surface area contributed by atoms with Gasteiger partial charge in [0.2, 0.25) is 0 Å². The molecule has 0 unspecified atom stereocenters. The minimum Gasteiger partial charge on any atom is -0.490 e. The molecule has 0 fully saturated rings. The average molecular weight is 376 g/mol. The monoisotopic (exact) mass is 376 g/mol.